The molecule has 0 bridgehead atoms. The van der Waals surface area contributed by atoms with E-state index in [0.29, 0.717) is 31.9 Å². The quantitative estimate of drug-likeness (QED) is 0.731. The maximum atomic E-state index is 12.4. The maximum Gasteiger partial charge on any atom is 0.414 e. The van der Waals surface area contributed by atoms with Crippen molar-refractivity contribution in [1.82, 2.24) is 4.90 Å². The zero-order valence-electron chi connectivity index (χ0n) is 16.7. The van der Waals surface area contributed by atoms with Crippen LogP contribution in [0.2, 0.25) is 0 Å². The van der Waals surface area contributed by atoms with Gasteiger partial charge in [-0.1, -0.05) is 18.2 Å². The van der Waals surface area contributed by atoms with Crippen LogP contribution in [0.1, 0.15) is 45.6 Å². The molecule has 27 heavy (non-hydrogen) atoms. The molecule has 1 amide bonds. The van der Waals surface area contributed by atoms with E-state index in [9.17, 15) is 9.90 Å². The van der Waals surface area contributed by atoms with Gasteiger partial charge in [-0.3, -0.25) is 4.90 Å². The summed E-state index contributed by atoms with van der Waals surface area (Å²) in [7, 11) is 1.63. The molecule has 6 nitrogen and oxygen atoms in total. The highest BCUT2D eigenvalue weighted by Gasteiger charge is 2.29. The van der Waals surface area contributed by atoms with E-state index in [2.05, 4.69) is 0 Å². The number of carbonyl (C=O) groups excluding carboxylic acids is 1. The fourth-order valence-electron chi connectivity index (χ4n) is 2.82. The van der Waals surface area contributed by atoms with E-state index in [1.165, 1.54) is 0 Å². The summed E-state index contributed by atoms with van der Waals surface area (Å²) in [6, 6.07) is 7.67. The Kier molecular flexibility index (Phi) is 7.68. The Hall–Kier alpha value is -2.05. The molecule has 1 aromatic rings. The molecular weight excluding hydrogens is 346 g/mol. The van der Waals surface area contributed by atoms with Crippen LogP contribution in [0.3, 0.4) is 0 Å². The topological polar surface area (TPSA) is 68.2 Å². The van der Waals surface area contributed by atoms with Crippen LogP contribution in [0, 0.1) is 0 Å². The van der Waals surface area contributed by atoms with Crippen LogP contribution >= 0.6 is 0 Å². The predicted molar refractivity (Wildman–Crippen MR) is 104 cm³/mol. The van der Waals surface area contributed by atoms with Gasteiger partial charge in [0.15, 0.2) is 0 Å². The van der Waals surface area contributed by atoms with Crippen molar-refractivity contribution in [2.24, 2.45) is 0 Å². The fraction of sp³-hybridized carbons (Fsp3) is 0.571. The first kappa shape index (κ1) is 21.3. The molecule has 0 saturated carbocycles. The Labute approximate surface area is 161 Å². The van der Waals surface area contributed by atoms with Gasteiger partial charge in [0.25, 0.3) is 0 Å². The largest absolute Gasteiger partial charge is 0.497 e. The minimum Gasteiger partial charge on any atom is -0.497 e. The van der Waals surface area contributed by atoms with Crippen molar-refractivity contribution in [3.8, 4) is 5.75 Å². The Morgan fingerprint density at radius 1 is 1.26 bits per heavy atom. The number of aliphatic hydroxyl groups excluding tert-OH is 1. The molecule has 1 aliphatic heterocycles. The third-order valence-electron chi connectivity index (χ3n) is 4.17. The molecule has 1 N–H and O–H groups in total. The van der Waals surface area contributed by atoms with Gasteiger partial charge in [-0.2, -0.15) is 0 Å². The third-order valence-corrected chi connectivity index (χ3v) is 4.17. The normalized spacial score (nSPS) is 15.9. The van der Waals surface area contributed by atoms with Crippen LogP contribution < -0.4 is 4.74 Å². The first-order valence-electron chi connectivity index (χ1n) is 9.39. The fourth-order valence-corrected chi connectivity index (χ4v) is 2.82. The Morgan fingerprint density at radius 3 is 2.59 bits per heavy atom. The molecule has 1 aromatic carbocycles. The van der Waals surface area contributed by atoms with Gasteiger partial charge >= 0.3 is 6.09 Å². The van der Waals surface area contributed by atoms with Crippen molar-refractivity contribution in [2.45, 2.75) is 58.3 Å². The number of rotatable bonds is 7. The minimum atomic E-state index is -0.756. The number of benzene rings is 1. The lowest BCUT2D eigenvalue weighted by Crippen LogP contribution is -2.41. The van der Waals surface area contributed by atoms with Crippen LogP contribution in [0.4, 0.5) is 4.79 Å². The average molecular weight is 377 g/mol. The zero-order chi connectivity index (χ0) is 19.9. The average Bonchev–Trinajstić information content (AvgIpc) is 2.64. The molecule has 1 unspecified atom stereocenters. The molecule has 0 radical (unpaired) electrons. The Morgan fingerprint density at radius 2 is 1.96 bits per heavy atom. The van der Waals surface area contributed by atoms with E-state index in [4.69, 9.17) is 14.2 Å². The van der Waals surface area contributed by atoms with Gasteiger partial charge in [0, 0.05) is 25.3 Å². The predicted octanol–water partition coefficient (Wildman–Crippen LogP) is 3.88. The second kappa shape index (κ2) is 9.76. The summed E-state index contributed by atoms with van der Waals surface area (Å²) in [6.45, 7) is 6.92. The van der Waals surface area contributed by atoms with Gasteiger partial charge in [-0.15, -0.1) is 0 Å². The molecule has 1 atom stereocenters. The van der Waals surface area contributed by atoms with Crippen LogP contribution in [-0.2, 0) is 16.1 Å². The standard InChI is InChI=1S/C21H31NO5/c1-21(2,3)27-20(24)22-13-6-5-7-18(22)19(23)12-14-26-15-16-8-10-17(25-4)11-9-16/h7-11,19,23H,5-6,12-15H2,1-4H3. The van der Waals surface area contributed by atoms with Crippen molar-refractivity contribution in [3.63, 3.8) is 0 Å². The molecule has 0 spiro atoms. The Balaban J connectivity index is 1.82. The first-order valence-corrected chi connectivity index (χ1v) is 9.39. The molecule has 150 valence electrons. The highest BCUT2D eigenvalue weighted by atomic mass is 16.6. The van der Waals surface area contributed by atoms with E-state index in [0.717, 1.165) is 24.2 Å². The van der Waals surface area contributed by atoms with Crippen LogP contribution in [0.25, 0.3) is 0 Å². The van der Waals surface area contributed by atoms with E-state index >= 15 is 0 Å². The minimum absolute atomic E-state index is 0.396. The summed E-state index contributed by atoms with van der Waals surface area (Å²) in [4.78, 5) is 14.0. The third kappa shape index (κ3) is 6.88. The van der Waals surface area contributed by atoms with Gasteiger partial charge in [-0.05, 0) is 51.3 Å². The van der Waals surface area contributed by atoms with E-state index in [-0.39, 0.29) is 0 Å². The van der Waals surface area contributed by atoms with Crippen molar-refractivity contribution in [2.75, 3.05) is 20.3 Å². The molecule has 0 saturated heterocycles. The molecular formula is C21H31NO5. The van der Waals surface area contributed by atoms with Crippen LogP contribution in [0.5, 0.6) is 5.75 Å². The number of aliphatic hydroxyl groups is 1. The summed E-state index contributed by atoms with van der Waals surface area (Å²) in [5.41, 5.74) is 1.09. The molecule has 0 aromatic heterocycles. The van der Waals surface area contributed by atoms with Gasteiger partial charge in [0.2, 0.25) is 0 Å². The lowest BCUT2D eigenvalue weighted by atomic mass is 10.1. The Bertz CT molecular complexity index is 633. The molecule has 1 heterocycles. The molecule has 0 aliphatic carbocycles. The summed E-state index contributed by atoms with van der Waals surface area (Å²) in [5.74, 6) is 0.806. The summed E-state index contributed by atoms with van der Waals surface area (Å²) >= 11 is 0. The molecule has 6 heteroatoms. The number of allylic oxidation sites excluding steroid dienone is 1. The lowest BCUT2D eigenvalue weighted by molar-refractivity contribution is 0.0208. The highest BCUT2D eigenvalue weighted by molar-refractivity contribution is 5.71. The number of hydrogen-bond acceptors (Lipinski definition) is 5. The van der Waals surface area contributed by atoms with Gasteiger partial charge in [0.1, 0.15) is 11.4 Å². The second-order valence-electron chi connectivity index (χ2n) is 7.61. The molecule has 2 rings (SSSR count). The van der Waals surface area contributed by atoms with E-state index in [1.807, 2.05) is 51.1 Å². The maximum absolute atomic E-state index is 12.4. The van der Waals surface area contributed by atoms with E-state index in [1.54, 1.807) is 12.0 Å². The second-order valence-corrected chi connectivity index (χ2v) is 7.61. The summed E-state index contributed by atoms with van der Waals surface area (Å²) in [6.07, 6.45) is 2.88. The van der Waals surface area contributed by atoms with E-state index < -0.39 is 17.8 Å². The highest BCUT2D eigenvalue weighted by Crippen LogP contribution is 2.23. The number of carbonyl (C=O) groups is 1. The number of ether oxygens (including phenoxy) is 3. The van der Waals surface area contributed by atoms with Crippen molar-refractivity contribution < 1.29 is 24.1 Å². The molecule has 0 fully saturated rings. The molecule has 1 aliphatic rings. The summed E-state index contributed by atoms with van der Waals surface area (Å²) in [5, 5.41) is 10.5. The van der Waals surface area contributed by atoms with Crippen molar-refractivity contribution in [3.05, 3.63) is 41.6 Å². The SMILES string of the molecule is COc1ccc(COCCC(O)C2=CCCCN2C(=O)OC(C)(C)C)cc1. The van der Waals surface area contributed by atoms with Crippen molar-refractivity contribution >= 4 is 6.09 Å². The van der Waals surface area contributed by atoms with Gasteiger partial charge in [-0.25, -0.2) is 4.79 Å². The smallest absolute Gasteiger partial charge is 0.414 e. The number of amides is 1. The monoisotopic (exact) mass is 377 g/mol. The van der Waals surface area contributed by atoms with Gasteiger partial charge < -0.3 is 19.3 Å². The first-order chi connectivity index (χ1) is 12.8. The lowest BCUT2D eigenvalue weighted by Gasteiger charge is -2.33. The number of methoxy groups -OCH3 is 1. The van der Waals surface area contributed by atoms with Gasteiger partial charge in [0.05, 0.1) is 19.8 Å². The summed E-state index contributed by atoms with van der Waals surface area (Å²) < 4.78 is 16.3. The van der Waals surface area contributed by atoms with Crippen LogP contribution in [0.15, 0.2) is 36.0 Å². The number of hydrogen-bond donors (Lipinski definition) is 1. The van der Waals surface area contributed by atoms with Crippen molar-refractivity contribution in [1.29, 1.82) is 0 Å². The number of nitrogens with zero attached hydrogens (tertiary/aromatic N) is 1. The zero-order valence-corrected chi connectivity index (χ0v) is 16.7. The van der Waals surface area contributed by atoms with Crippen LogP contribution in [-0.4, -0.2) is 48.1 Å².